The van der Waals surface area contributed by atoms with E-state index in [1.54, 1.807) is 24.4 Å². The highest BCUT2D eigenvalue weighted by atomic mass is 16.3. The molecule has 0 aromatic carbocycles. The van der Waals surface area contributed by atoms with E-state index in [1.165, 1.54) is 27.7 Å². The van der Waals surface area contributed by atoms with E-state index >= 15 is 0 Å². The maximum absolute atomic E-state index is 12.0. The van der Waals surface area contributed by atoms with E-state index in [4.69, 9.17) is 4.42 Å². The van der Waals surface area contributed by atoms with Crippen LogP contribution in [0.25, 0.3) is 5.52 Å². The number of fused-ring (bicyclic) bond motifs is 1. The Labute approximate surface area is 101 Å². The lowest BCUT2D eigenvalue weighted by molar-refractivity contribution is 0.0944. The van der Waals surface area contributed by atoms with Gasteiger partial charge in [-0.25, -0.2) is 4.52 Å². The molecule has 0 amide bonds. The van der Waals surface area contributed by atoms with Crippen LogP contribution >= 0.6 is 0 Å². The number of carbonyl (C=O) groups excluding carboxylic acids is 1. The van der Waals surface area contributed by atoms with Crippen LogP contribution in [0.1, 0.15) is 10.6 Å². The number of hydrogen-bond acceptors (Lipinski definition) is 4. The Morgan fingerprint density at radius 1 is 1.33 bits per heavy atom. The van der Waals surface area contributed by atoms with Crippen LogP contribution in [0.3, 0.4) is 0 Å². The van der Waals surface area contributed by atoms with Crippen LogP contribution in [0.5, 0.6) is 0 Å². The second-order valence-corrected chi connectivity index (χ2v) is 3.79. The van der Waals surface area contributed by atoms with Crippen molar-refractivity contribution in [3.63, 3.8) is 0 Å². The van der Waals surface area contributed by atoms with E-state index in [0.29, 0.717) is 5.52 Å². The number of nitrogens with zero attached hydrogens (tertiary/aromatic N) is 3. The van der Waals surface area contributed by atoms with Crippen LogP contribution in [0.4, 0.5) is 0 Å². The van der Waals surface area contributed by atoms with Crippen molar-refractivity contribution >= 4 is 11.3 Å². The minimum atomic E-state index is -0.255. The summed E-state index contributed by atoms with van der Waals surface area (Å²) in [6.45, 7) is -0.0476. The number of Topliss-reactive ketones (excluding diaryl/α,β-unsaturated/α-hetero) is 1. The Hall–Kier alpha value is -2.63. The molecule has 90 valence electrons. The van der Waals surface area contributed by atoms with Gasteiger partial charge >= 0.3 is 0 Å². The van der Waals surface area contributed by atoms with Gasteiger partial charge in [-0.3, -0.25) is 9.59 Å². The minimum absolute atomic E-state index is 0.0476. The van der Waals surface area contributed by atoms with Crippen LogP contribution in [-0.2, 0) is 6.54 Å². The van der Waals surface area contributed by atoms with Gasteiger partial charge in [0.05, 0.1) is 19.0 Å². The smallest absolute Gasteiger partial charge is 0.276 e. The molecule has 0 spiro atoms. The molecular weight excluding hydrogens is 234 g/mol. The standard InChI is InChI=1S/C12H9N3O3/c16-10(11-2-1-7-18-11)8-14-5-6-15-9(12(14)17)3-4-13-15/h1-7H,8H2. The van der Waals surface area contributed by atoms with Gasteiger partial charge in [0.15, 0.2) is 5.76 Å². The molecule has 0 fully saturated rings. The zero-order valence-corrected chi connectivity index (χ0v) is 9.31. The zero-order chi connectivity index (χ0) is 12.5. The van der Waals surface area contributed by atoms with E-state index < -0.39 is 0 Å². The molecular formula is C12H9N3O3. The van der Waals surface area contributed by atoms with Crippen molar-refractivity contribution in [1.82, 2.24) is 14.2 Å². The molecule has 0 aliphatic heterocycles. The molecule has 3 rings (SSSR count). The SMILES string of the molecule is O=C(Cn1ccn2nccc2c1=O)c1ccco1. The first-order valence-electron chi connectivity index (χ1n) is 5.35. The highest BCUT2D eigenvalue weighted by Gasteiger charge is 2.11. The third-order valence-electron chi connectivity index (χ3n) is 2.65. The van der Waals surface area contributed by atoms with Crippen molar-refractivity contribution < 1.29 is 9.21 Å². The molecule has 18 heavy (non-hydrogen) atoms. The zero-order valence-electron chi connectivity index (χ0n) is 9.31. The normalized spacial score (nSPS) is 10.9. The maximum atomic E-state index is 12.0. The van der Waals surface area contributed by atoms with E-state index in [0.717, 1.165) is 0 Å². The van der Waals surface area contributed by atoms with Gasteiger partial charge < -0.3 is 8.98 Å². The lowest BCUT2D eigenvalue weighted by Crippen LogP contribution is -2.25. The number of aromatic nitrogens is 3. The van der Waals surface area contributed by atoms with Crippen molar-refractivity contribution in [3.05, 3.63) is 59.2 Å². The first kappa shape index (κ1) is 10.5. The average Bonchev–Trinajstić information content (AvgIpc) is 3.02. The molecule has 0 aliphatic rings. The Morgan fingerprint density at radius 3 is 3.00 bits per heavy atom. The lowest BCUT2D eigenvalue weighted by Gasteiger charge is -2.03. The van der Waals surface area contributed by atoms with Gasteiger partial charge in [0.1, 0.15) is 5.52 Å². The molecule has 3 aromatic heterocycles. The second kappa shape index (κ2) is 3.99. The monoisotopic (exact) mass is 243 g/mol. The third-order valence-corrected chi connectivity index (χ3v) is 2.65. The van der Waals surface area contributed by atoms with Gasteiger partial charge in [-0.05, 0) is 18.2 Å². The van der Waals surface area contributed by atoms with Gasteiger partial charge in [0.25, 0.3) is 5.56 Å². The lowest BCUT2D eigenvalue weighted by atomic mass is 10.3. The maximum Gasteiger partial charge on any atom is 0.276 e. The third kappa shape index (κ3) is 1.64. The molecule has 3 aromatic rings. The fourth-order valence-electron chi connectivity index (χ4n) is 1.76. The van der Waals surface area contributed by atoms with E-state index in [9.17, 15) is 9.59 Å². The van der Waals surface area contributed by atoms with Gasteiger partial charge in [-0.1, -0.05) is 0 Å². The Bertz CT molecular complexity index is 752. The summed E-state index contributed by atoms with van der Waals surface area (Å²) < 4.78 is 7.80. The summed E-state index contributed by atoms with van der Waals surface area (Å²) in [4.78, 5) is 23.8. The fraction of sp³-hybridized carbons (Fsp3) is 0.0833. The molecule has 0 aliphatic carbocycles. The summed E-state index contributed by atoms with van der Waals surface area (Å²) in [5.74, 6) is 0.00115. The average molecular weight is 243 g/mol. The van der Waals surface area contributed by atoms with Gasteiger partial charge in [0.2, 0.25) is 5.78 Å². The summed E-state index contributed by atoms with van der Waals surface area (Å²) in [6.07, 6.45) is 6.13. The predicted molar refractivity (Wildman–Crippen MR) is 62.5 cm³/mol. The summed E-state index contributed by atoms with van der Waals surface area (Å²) in [5.41, 5.74) is 0.180. The molecule has 0 saturated heterocycles. The summed E-state index contributed by atoms with van der Waals surface area (Å²) in [5, 5.41) is 3.95. The Kier molecular flexibility index (Phi) is 2.33. The van der Waals surface area contributed by atoms with Crippen molar-refractivity contribution in [2.45, 2.75) is 6.54 Å². The van der Waals surface area contributed by atoms with Crippen LogP contribution < -0.4 is 5.56 Å². The van der Waals surface area contributed by atoms with Crippen molar-refractivity contribution in [1.29, 1.82) is 0 Å². The van der Waals surface area contributed by atoms with E-state index in [1.807, 2.05) is 0 Å². The van der Waals surface area contributed by atoms with Crippen LogP contribution in [0, 0.1) is 0 Å². The molecule has 0 saturated carbocycles. The van der Waals surface area contributed by atoms with Crippen molar-refractivity contribution in [2.24, 2.45) is 0 Å². The largest absolute Gasteiger partial charge is 0.461 e. The van der Waals surface area contributed by atoms with E-state index in [2.05, 4.69) is 5.10 Å². The number of furan rings is 1. The molecule has 0 N–H and O–H groups in total. The molecule has 0 radical (unpaired) electrons. The molecule has 0 atom stereocenters. The highest BCUT2D eigenvalue weighted by molar-refractivity contribution is 5.93. The minimum Gasteiger partial charge on any atom is -0.461 e. The first-order chi connectivity index (χ1) is 8.75. The van der Waals surface area contributed by atoms with Crippen molar-refractivity contribution in [3.8, 4) is 0 Å². The second-order valence-electron chi connectivity index (χ2n) is 3.79. The number of carbonyl (C=O) groups is 1. The fourth-order valence-corrected chi connectivity index (χ4v) is 1.76. The predicted octanol–water partition coefficient (Wildman–Crippen LogP) is 0.972. The molecule has 0 bridgehead atoms. The number of rotatable bonds is 3. The number of ketones is 1. The van der Waals surface area contributed by atoms with Gasteiger partial charge in [0, 0.05) is 12.4 Å². The Balaban J connectivity index is 1.98. The number of hydrogen-bond donors (Lipinski definition) is 0. The van der Waals surface area contributed by atoms with Crippen LogP contribution in [0.2, 0.25) is 0 Å². The van der Waals surface area contributed by atoms with Gasteiger partial charge in [-0.2, -0.15) is 5.10 Å². The van der Waals surface area contributed by atoms with Crippen molar-refractivity contribution in [2.75, 3.05) is 0 Å². The van der Waals surface area contributed by atoms with E-state index in [-0.39, 0.29) is 23.6 Å². The Morgan fingerprint density at radius 2 is 2.22 bits per heavy atom. The quantitative estimate of drug-likeness (QED) is 0.643. The van der Waals surface area contributed by atoms with Crippen LogP contribution in [-0.4, -0.2) is 20.0 Å². The van der Waals surface area contributed by atoms with Crippen LogP contribution in [0.15, 0.2) is 52.3 Å². The molecule has 6 nitrogen and oxygen atoms in total. The highest BCUT2D eigenvalue weighted by Crippen LogP contribution is 2.03. The molecule has 3 heterocycles. The molecule has 6 heteroatoms. The summed E-state index contributed by atoms with van der Waals surface area (Å²) >= 11 is 0. The summed E-state index contributed by atoms with van der Waals surface area (Å²) in [7, 11) is 0. The molecule has 0 unspecified atom stereocenters. The first-order valence-corrected chi connectivity index (χ1v) is 5.35. The summed E-state index contributed by atoms with van der Waals surface area (Å²) in [6, 6.07) is 4.82. The van der Waals surface area contributed by atoms with Gasteiger partial charge in [-0.15, -0.1) is 0 Å². The topological polar surface area (TPSA) is 69.5 Å².